The summed E-state index contributed by atoms with van der Waals surface area (Å²) in [5.41, 5.74) is 1.53. The van der Waals surface area contributed by atoms with Gasteiger partial charge in [-0.05, 0) is 50.7 Å². The quantitative estimate of drug-likeness (QED) is 0.647. The smallest absolute Gasteiger partial charge is 0.251 e. The molecule has 3 amide bonds. The van der Waals surface area contributed by atoms with Crippen LogP contribution < -0.4 is 10.6 Å². The molecule has 1 atom stereocenters. The number of hydrogen-bond acceptors (Lipinski definition) is 4. The van der Waals surface area contributed by atoms with Crippen LogP contribution in [0.25, 0.3) is 0 Å². The van der Waals surface area contributed by atoms with E-state index in [-0.39, 0.29) is 29.6 Å². The van der Waals surface area contributed by atoms with E-state index in [1.54, 1.807) is 13.2 Å². The molecule has 0 spiro atoms. The lowest BCUT2D eigenvalue weighted by Crippen LogP contribution is -2.54. The van der Waals surface area contributed by atoms with Crippen molar-refractivity contribution in [2.75, 3.05) is 33.4 Å². The number of nitrogens with one attached hydrogen (secondary N) is 2. The second kappa shape index (κ2) is 9.87. The van der Waals surface area contributed by atoms with Gasteiger partial charge in [0.15, 0.2) is 0 Å². The van der Waals surface area contributed by atoms with Crippen molar-refractivity contribution in [3.05, 3.63) is 35.4 Å². The zero-order chi connectivity index (χ0) is 20.8. The predicted octanol–water partition coefficient (Wildman–Crippen LogP) is 1.50. The second-order valence-electron chi connectivity index (χ2n) is 8.04. The fraction of sp³-hybridized carbons (Fsp3) is 0.591. The summed E-state index contributed by atoms with van der Waals surface area (Å²) in [5.74, 6) is -0.00397. The highest BCUT2D eigenvalue weighted by Gasteiger charge is 2.38. The number of nitrogens with zero attached hydrogens (tertiary/aromatic N) is 1. The van der Waals surface area contributed by atoms with Crippen molar-refractivity contribution < 1.29 is 19.1 Å². The third-order valence-electron chi connectivity index (χ3n) is 5.70. The molecule has 2 aliphatic rings. The standard InChI is InChI=1S/C22H31N3O4/c1-15-4-3-5-18(14-15)20(26)24-19(21(27)23-10-13-29-2)16-8-11-25(12-9-16)22(28)17-6-7-17/h3-5,14,16-17,19H,6-13H2,1-2H3,(H,23,27)(H,24,26). The van der Waals surface area contributed by atoms with Gasteiger partial charge >= 0.3 is 0 Å². The van der Waals surface area contributed by atoms with Crippen molar-refractivity contribution in [2.45, 2.75) is 38.6 Å². The molecule has 1 aliphatic heterocycles. The van der Waals surface area contributed by atoms with Crippen LogP contribution in [0.2, 0.25) is 0 Å². The van der Waals surface area contributed by atoms with Crippen molar-refractivity contribution >= 4 is 17.7 Å². The van der Waals surface area contributed by atoms with Crippen LogP contribution in [-0.2, 0) is 14.3 Å². The maximum Gasteiger partial charge on any atom is 0.251 e. The number of benzene rings is 1. The minimum atomic E-state index is -0.627. The fourth-order valence-corrected chi connectivity index (χ4v) is 3.84. The molecule has 1 saturated heterocycles. The molecule has 7 heteroatoms. The molecule has 1 aliphatic carbocycles. The molecule has 1 aromatic rings. The minimum Gasteiger partial charge on any atom is -0.383 e. The average Bonchev–Trinajstić information content (AvgIpc) is 3.57. The molecule has 1 aromatic carbocycles. The number of likely N-dealkylation sites (tertiary alicyclic amines) is 1. The number of carbonyl (C=O) groups is 3. The Labute approximate surface area is 172 Å². The van der Waals surface area contributed by atoms with Crippen LogP contribution in [0.15, 0.2) is 24.3 Å². The number of carbonyl (C=O) groups excluding carboxylic acids is 3. The number of ether oxygens (including phenoxy) is 1. The van der Waals surface area contributed by atoms with Crippen LogP contribution in [0.4, 0.5) is 0 Å². The van der Waals surface area contributed by atoms with E-state index in [0.717, 1.165) is 18.4 Å². The molecule has 158 valence electrons. The number of rotatable bonds is 8. The van der Waals surface area contributed by atoms with E-state index in [0.29, 0.717) is 44.6 Å². The molecule has 7 nitrogen and oxygen atoms in total. The largest absolute Gasteiger partial charge is 0.383 e. The first-order valence-corrected chi connectivity index (χ1v) is 10.4. The average molecular weight is 402 g/mol. The molecule has 2 fully saturated rings. The van der Waals surface area contributed by atoms with E-state index < -0.39 is 6.04 Å². The lowest BCUT2D eigenvalue weighted by molar-refractivity contribution is -0.134. The summed E-state index contributed by atoms with van der Waals surface area (Å²) >= 11 is 0. The lowest BCUT2D eigenvalue weighted by Gasteiger charge is -2.36. The normalized spacial score (nSPS) is 18.2. The zero-order valence-electron chi connectivity index (χ0n) is 17.3. The third-order valence-corrected chi connectivity index (χ3v) is 5.70. The van der Waals surface area contributed by atoms with Crippen LogP contribution in [-0.4, -0.2) is 62.0 Å². The molecule has 0 aromatic heterocycles. The van der Waals surface area contributed by atoms with Crippen LogP contribution in [0, 0.1) is 18.8 Å². The van der Waals surface area contributed by atoms with E-state index in [2.05, 4.69) is 10.6 Å². The zero-order valence-corrected chi connectivity index (χ0v) is 17.3. The number of methoxy groups -OCH3 is 1. The van der Waals surface area contributed by atoms with Crippen LogP contribution in [0.5, 0.6) is 0 Å². The van der Waals surface area contributed by atoms with E-state index in [9.17, 15) is 14.4 Å². The van der Waals surface area contributed by atoms with Gasteiger partial charge in [-0.2, -0.15) is 0 Å². The Morgan fingerprint density at radius 3 is 2.52 bits per heavy atom. The summed E-state index contributed by atoms with van der Waals surface area (Å²) in [6, 6.07) is 6.70. The van der Waals surface area contributed by atoms with E-state index in [4.69, 9.17) is 4.74 Å². The monoisotopic (exact) mass is 401 g/mol. The maximum atomic E-state index is 12.8. The first kappa shape index (κ1) is 21.3. The fourth-order valence-electron chi connectivity index (χ4n) is 3.84. The van der Waals surface area contributed by atoms with Crippen molar-refractivity contribution in [1.82, 2.24) is 15.5 Å². The summed E-state index contributed by atoms with van der Waals surface area (Å²) in [6.07, 6.45) is 3.40. The number of hydrogen-bond donors (Lipinski definition) is 2. The first-order valence-electron chi connectivity index (χ1n) is 10.4. The number of aryl methyl sites for hydroxylation is 1. The molecule has 0 radical (unpaired) electrons. The highest BCUT2D eigenvalue weighted by Crippen LogP contribution is 2.33. The SMILES string of the molecule is COCCNC(=O)C(NC(=O)c1cccc(C)c1)C1CCN(C(=O)C2CC2)CC1. The lowest BCUT2D eigenvalue weighted by atomic mass is 9.88. The number of amides is 3. The second-order valence-corrected chi connectivity index (χ2v) is 8.04. The first-order chi connectivity index (χ1) is 14.0. The summed E-state index contributed by atoms with van der Waals surface area (Å²) < 4.78 is 5.00. The highest BCUT2D eigenvalue weighted by atomic mass is 16.5. The van der Waals surface area contributed by atoms with Crippen LogP contribution in [0.3, 0.4) is 0 Å². The van der Waals surface area contributed by atoms with Gasteiger partial charge < -0.3 is 20.3 Å². The Bertz CT molecular complexity index is 739. The van der Waals surface area contributed by atoms with Crippen molar-refractivity contribution in [3.63, 3.8) is 0 Å². The van der Waals surface area contributed by atoms with Crippen LogP contribution >= 0.6 is 0 Å². The van der Waals surface area contributed by atoms with Crippen molar-refractivity contribution in [2.24, 2.45) is 11.8 Å². The Balaban J connectivity index is 1.65. The van der Waals surface area contributed by atoms with Crippen LogP contribution in [0.1, 0.15) is 41.6 Å². The maximum absolute atomic E-state index is 12.8. The third kappa shape index (κ3) is 5.79. The molecule has 0 bridgehead atoms. The molecule has 1 unspecified atom stereocenters. The Hall–Kier alpha value is -2.41. The van der Waals surface area contributed by atoms with Gasteiger partial charge in [0, 0.05) is 38.2 Å². The van der Waals surface area contributed by atoms with Gasteiger partial charge in [-0.3, -0.25) is 14.4 Å². The van der Waals surface area contributed by atoms with Gasteiger partial charge in [0.25, 0.3) is 5.91 Å². The Morgan fingerprint density at radius 2 is 1.90 bits per heavy atom. The van der Waals surface area contributed by atoms with E-state index >= 15 is 0 Å². The Morgan fingerprint density at radius 1 is 1.17 bits per heavy atom. The summed E-state index contributed by atoms with van der Waals surface area (Å²) in [4.78, 5) is 39.8. The molecule has 2 N–H and O–H groups in total. The summed E-state index contributed by atoms with van der Waals surface area (Å²) in [5, 5.41) is 5.79. The van der Waals surface area contributed by atoms with Crippen molar-refractivity contribution in [3.8, 4) is 0 Å². The minimum absolute atomic E-state index is 0.00504. The molecular formula is C22H31N3O4. The Kier molecular flexibility index (Phi) is 7.25. The van der Waals surface area contributed by atoms with Gasteiger partial charge in [-0.15, -0.1) is 0 Å². The molecule has 1 heterocycles. The van der Waals surface area contributed by atoms with Gasteiger partial charge in [-0.25, -0.2) is 0 Å². The van der Waals surface area contributed by atoms with E-state index in [1.807, 2.05) is 30.0 Å². The van der Waals surface area contributed by atoms with Gasteiger partial charge in [0.2, 0.25) is 11.8 Å². The summed E-state index contributed by atoms with van der Waals surface area (Å²) in [6.45, 7) is 4.02. The highest BCUT2D eigenvalue weighted by molar-refractivity contribution is 5.97. The molecule has 3 rings (SSSR count). The molecule has 29 heavy (non-hydrogen) atoms. The summed E-state index contributed by atoms with van der Waals surface area (Å²) in [7, 11) is 1.58. The molecular weight excluding hydrogens is 370 g/mol. The number of piperidine rings is 1. The predicted molar refractivity (Wildman–Crippen MR) is 109 cm³/mol. The van der Waals surface area contributed by atoms with E-state index in [1.165, 1.54) is 0 Å². The molecule has 1 saturated carbocycles. The van der Waals surface area contributed by atoms with Crippen molar-refractivity contribution in [1.29, 1.82) is 0 Å². The van der Waals surface area contributed by atoms with Gasteiger partial charge in [-0.1, -0.05) is 17.7 Å². The topological polar surface area (TPSA) is 87.7 Å². The van der Waals surface area contributed by atoms with Gasteiger partial charge in [0.05, 0.1) is 6.61 Å². The van der Waals surface area contributed by atoms with Gasteiger partial charge in [0.1, 0.15) is 6.04 Å².